The normalized spacial score (nSPS) is 18.7. The fourth-order valence-corrected chi connectivity index (χ4v) is 5.89. The number of carbonyl (C=O) groups excluding carboxylic acids is 3. The van der Waals surface area contributed by atoms with E-state index in [1.54, 1.807) is 42.5 Å². The Balaban J connectivity index is 1.68. The lowest BCUT2D eigenvalue weighted by molar-refractivity contribution is -0.130. The zero-order chi connectivity index (χ0) is 26.8. The molecule has 0 unspecified atom stereocenters. The van der Waals surface area contributed by atoms with E-state index >= 15 is 0 Å². The molecule has 37 heavy (non-hydrogen) atoms. The number of β-lactam (4-membered cyclic amide) rings is 1. The van der Waals surface area contributed by atoms with Crippen LogP contribution in [-0.2, 0) is 4.79 Å². The molecule has 0 spiro atoms. The van der Waals surface area contributed by atoms with Gasteiger partial charge >= 0.3 is 0 Å². The number of hydrogen-bond acceptors (Lipinski definition) is 5. The summed E-state index contributed by atoms with van der Waals surface area (Å²) in [7, 11) is 2.99. The molecule has 5 rings (SSSR count). The lowest BCUT2D eigenvalue weighted by atomic mass is 9.85. The van der Waals surface area contributed by atoms with Crippen molar-refractivity contribution < 1.29 is 23.9 Å². The van der Waals surface area contributed by atoms with Crippen LogP contribution in [0.4, 0.5) is 5.69 Å². The Morgan fingerprint density at radius 1 is 0.730 bits per heavy atom. The fraction of sp³-hybridized carbons (Fsp3) is 0.160. The second kappa shape index (κ2) is 9.67. The van der Waals surface area contributed by atoms with E-state index in [-0.39, 0.29) is 31.2 Å². The quantitative estimate of drug-likeness (QED) is 0.132. The van der Waals surface area contributed by atoms with Gasteiger partial charge in [-0.3, -0.25) is 19.3 Å². The van der Waals surface area contributed by atoms with Crippen LogP contribution in [0.15, 0.2) is 46.9 Å². The van der Waals surface area contributed by atoms with E-state index in [4.69, 9.17) is 55.9 Å². The predicted molar refractivity (Wildman–Crippen MR) is 145 cm³/mol. The van der Waals surface area contributed by atoms with E-state index in [1.165, 1.54) is 19.1 Å². The largest absolute Gasteiger partial charge is 0.497 e. The van der Waals surface area contributed by atoms with Crippen molar-refractivity contribution in [3.8, 4) is 11.5 Å². The molecular weight excluding hydrogens is 630 g/mol. The number of methoxy groups -OCH3 is 2. The van der Waals surface area contributed by atoms with Crippen LogP contribution < -0.4 is 14.4 Å². The number of benzene rings is 3. The third kappa shape index (κ3) is 3.89. The number of fused-ring (bicyclic) bond motifs is 1. The third-order valence-corrected chi connectivity index (χ3v) is 8.67. The summed E-state index contributed by atoms with van der Waals surface area (Å²) in [6.07, 6.45) is 0. The van der Waals surface area contributed by atoms with Crippen LogP contribution in [0.1, 0.15) is 32.3 Å². The smallest absolute Gasteiger partial charge is 0.264 e. The molecule has 0 aliphatic carbocycles. The van der Waals surface area contributed by atoms with Crippen molar-refractivity contribution in [1.82, 2.24) is 4.90 Å². The molecule has 0 N–H and O–H groups in total. The van der Waals surface area contributed by atoms with Crippen molar-refractivity contribution in [3.05, 3.63) is 83.7 Å². The van der Waals surface area contributed by atoms with Gasteiger partial charge in [-0.1, -0.05) is 62.3 Å². The molecule has 0 saturated carbocycles. The summed E-state index contributed by atoms with van der Waals surface area (Å²) >= 11 is 28.3. The molecule has 0 bridgehead atoms. The van der Waals surface area contributed by atoms with Gasteiger partial charge in [0.15, 0.2) is 0 Å². The van der Waals surface area contributed by atoms with Crippen molar-refractivity contribution in [2.45, 2.75) is 12.1 Å². The van der Waals surface area contributed by atoms with E-state index in [9.17, 15) is 14.4 Å². The zero-order valence-electron chi connectivity index (χ0n) is 19.0. The van der Waals surface area contributed by atoms with E-state index < -0.39 is 29.8 Å². The van der Waals surface area contributed by atoms with Crippen LogP contribution in [0.25, 0.3) is 0 Å². The Hall–Kier alpha value is -2.49. The van der Waals surface area contributed by atoms with Gasteiger partial charge in [0.2, 0.25) is 0 Å². The first-order valence-electron chi connectivity index (χ1n) is 10.7. The Morgan fingerprint density at radius 2 is 1.30 bits per heavy atom. The van der Waals surface area contributed by atoms with Gasteiger partial charge in [-0.05, 0) is 42.5 Å². The highest BCUT2D eigenvalue weighted by molar-refractivity contribution is 9.10. The number of nitrogens with zero attached hydrogens (tertiary/aromatic N) is 2. The zero-order valence-corrected chi connectivity index (χ0v) is 23.6. The van der Waals surface area contributed by atoms with E-state index in [2.05, 4.69) is 15.9 Å². The second-order valence-corrected chi connectivity index (χ2v) is 10.6. The van der Waals surface area contributed by atoms with Crippen LogP contribution in [0.5, 0.6) is 11.5 Å². The standard InChI is InChI=1S/C25H15BrCl4N2O5/c1-36-12-7-8-14(37-2)13(9-12)21-22(25(35)31(21)11-5-3-10(26)4-6-11)32-23(33)15-16(24(32)34)18(28)20(30)19(29)17(15)27/h3-9,21-22H,1-2H3/t21-,22+/m1/s1. The summed E-state index contributed by atoms with van der Waals surface area (Å²) in [6.45, 7) is 0. The first-order valence-corrected chi connectivity index (χ1v) is 13.0. The maximum atomic E-state index is 13.7. The monoisotopic (exact) mass is 642 g/mol. The highest BCUT2D eigenvalue weighted by Gasteiger charge is 2.59. The van der Waals surface area contributed by atoms with Crippen molar-refractivity contribution in [2.24, 2.45) is 0 Å². The first-order chi connectivity index (χ1) is 17.6. The summed E-state index contributed by atoms with van der Waals surface area (Å²) in [4.78, 5) is 43.2. The number of halogens is 5. The Morgan fingerprint density at radius 3 is 1.81 bits per heavy atom. The van der Waals surface area contributed by atoms with Gasteiger partial charge in [-0.15, -0.1) is 0 Å². The van der Waals surface area contributed by atoms with Gasteiger partial charge < -0.3 is 14.4 Å². The lowest BCUT2D eigenvalue weighted by Gasteiger charge is -2.50. The molecule has 1 saturated heterocycles. The maximum Gasteiger partial charge on any atom is 0.264 e. The van der Waals surface area contributed by atoms with Crippen LogP contribution in [0, 0.1) is 0 Å². The van der Waals surface area contributed by atoms with Gasteiger partial charge in [0, 0.05) is 15.7 Å². The van der Waals surface area contributed by atoms with Crippen LogP contribution in [0.3, 0.4) is 0 Å². The molecular formula is C25H15BrCl4N2O5. The van der Waals surface area contributed by atoms with Crippen molar-refractivity contribution in [2.75, 3.05) is 19.1 Å². The molecule has 0 aromatic heterocycles. The molecule has 0 radical (unpaired) electrons. The van der Waals surface area contributed by atoms with Crippen molar-refractivity contribution >= 4 is 85.7 Å². The molecule has 2 atom stereocenters. The van der Waals surface area contributed by atoms with Crippen LogP contribution in [0.2, 0.25) is 20.1 Å². The Kier molecular flexibility index (Phi) is 6.83. The molecule has 3 aromatic carbocycles. The molecule has 1 fully saturated rings. The van der Waals surface area contributed by atoms with Crippen LogP contribution >= 0.6 is 62.3 Å². The number of ether oxygens (including phenoxy) is 2. The maximum absolute atomic E-state index is 13.7. The minimum atomic E-state index is -1.23. The molecule has 3 aromatic rings. The highest BCUT2D eigenvalue weighted by atomic mass is 79.9. The lowest BCUT2D eigenvalue weighted by Crippen LogP contribution is -2.67. The SMILES string of the molecule is COc1ccc(OC)c([C@@H]2[C@H](N3C(=O)c4c(Cl)c(Cl)c(Cl)c(Cl)c4C3=O)C(=O)N2c2ccc(Br)cc2)c1. The number of anilines is 1. The minimum absolute atomic E-state index is 0.155. The fourth-order valence-electron chi connectivity index (χ4n) is 4.61. The highest BCUT2D eigenvalue weighted by Crippen LogP contribution is 2.50. The van der Waals surface area contributed by atoms with E-state index in [1.807, 2.05) is 0 Å². The summed E-state index contributed by atoms with van der Waals surface area (Å²) in [5, 5.41) is -0.729. The molecule has 190 valence electrons. The number of amides is 3. The third-order valence-electron chi connectivity index (χ3n) is 6.34. The second-order valence-electron chi connectivity index (χ2n) is 8.17. The molecule has 2 heterocycles. The Labute approximate surface area is 239 Å². The average Bonchev–Trinajstić information content (AvgIpc) is 3.15. The van der Waals surface area contributed by atoms with E-state index in [0.29, 0.717) is 22.7 Å². The summed E-state index contributed by atoms with van der Waals surface area (Å²) in [5.41, 5.74) is 0.687. The van der Waals surface area contributed by atoms with Gasteiger partial charge in [0.1, 0.15) is 17.5 Å². The van der Waals surface area contributed by atoms with Crippen molar-refractivity contribution in [3.63, 3.8) is 0 Å². The van der Waals surface area contributed by atoms with Crippen LogP contribution in [-0.4, -0.2) is 42.9 Å². The number of hydrogen-bond donors (Lipinski definition) is 0. The minimum Gasteiger partial charge on any atom is -0.497 e. The molecule has 3 amide bonds. The average molecular weight is 645 g/mol. The number of carbonyl (C=O) groups is 3. The van der Waals surface area contributed by atoms with Gasteiger partial charge in [0.05, 0.1) is 51.5 Å². The molecule has 2 aliphatic heterocycles. The van der Waals surface area contributed by atoms with E-state index in [0.717, 1.165) is 9.37 Å². The number of rotatable bonds is 5. The Bertz CT molecular complexity index is 1450. The van der Waals surface area contributed by atoms with Gasteiger partial charge in [0.25, 0.3) is 17.7 Å². The molecule has 12 heteroatoms. The molecule has 2 aliphatic rings. The number of imide groups is 1. The van der Waals surface area contributed by atoms with Crippen molar-refractivity contribution in [1.29, 1.82) is 0 Å². The van der Waals surface area contributed by atoms with Gasteiger partial charge in [-0.2, -0.15) is 0 Å². The summed E-state index contributed by atoms with van der Waals surface area (Å²) in [6, 6.07) is 10.1. The summed E-state index contributed by atoms with van der Waals surface area (Å²) in [5.74, 6) is -1.16. The topological polar surface area (TPSA) is 76.1 Å². The predicted octanol–water partition coefficient (Wildman–Crippen LogP) is 6.83. The summed E-state index contributed by atoms with van der Waals surface area (Å²) < 4.78 is 11.8. The van der Waals surface area contributed by atoms with Gasteiger partial charge in [-0.25, -0.2) is 0 Å². The molecule has 7 nitrogen and oxygen atoms in total. The first kappa shape index (κ1) is 26.1.